The third kappa shape index (κ3) is 3.85. The zero-order valence-electron chi connectivity index (χ0n) is 16.7. The fraction of sp³-hybridized carbons (Fsp3) is 0.318. The molecule has 0 aromatic heterocycles. The molecule has 0 unspecified atom stereocenters. The van der Waals surface area contributed by atoms with Crippen molar-refractivity contribution in [2.45, 2.75) is 25.3 Å². The predicted molar refractivity (Wildman–Crippen MR) is 114 cm³/mol. The molecule has 1 fully saturated rings. The molecule has 29 heavy (non-hydrogen) atoms. The van der Waals surface area contributed by atoms with Crippen molar-refractivity contribution in [2.24, 2.45) is 0 Å². The summed E-state index contributed by atoms with van der Waals surface area (Å²) in [6.45, 7) is 6.84. The Morgan fingerprint density at radius 3 is 2.34 bits per heavy atom. The maximum absolute atomic E-state index is 13.2. The van der Waals surface area contributed by atoms with Gasteiger partial charge in [0.2, 0.25) is 10.0 Å². The Morgan fingerprint density at radius 2 is 1.69 bits per heavy atom. The van der Waals surface area contributed by atoms with Crippen LogP contribution in [0.5, 0.6) is 0 Å². The smallest absolute Gasteiger partial charge is 0.256 e. The van der Waals surface area contributed by atoms with E-state index in [0.29, 0.717) is 43.0 Å². The molecule has 0 radical (unpaired) electrons. The lowest BCUT2D eigenvalue weighted by molar-refractivity contribution is -0.110. The minimum absolute atomic E-state index is 0.177. The molecule has 0 atom stereocenters. The molecule has 2 heterocycles. The molecule has 0 spiro atoms. The molecule has 0 aliphatic carbocycles. The topological polar surface area (TPSA) is 69.7 Å². The molecule has 1 amide bonds. The molecule has 4 rings (SSSR count). The molecule has 2 aromatic rings. The van der Waals surface area contributed by atoms with E-state index < -0.39 is 10.0 Å². The summed E-state index contributed by atoms with van der Waals surface area (Å²) in [6.07, 6.45) is 0. The molecule has 0 saturated carbocycles. The molecular weight excluding hydrogens is 386 g/mol. The van der Waals surface area contributed by atoms with E-state index in [0.717, 1.165) is 12.1 Å². The number of hydrogen-bond acceptors (Lipinski definition) is 4. The summed E-state index contributed by atoms with van der Waals surface area (Å²) in [7, 11) is -3.60. The third-order valence-electron chi connectivity index (χ3n) is 5.45. The summed E-state index contributed by atoms with van der Waals surface area (Å²) >= 11 is 0. The molecule has 2 aliphatic rings. The molecular formula is C22H25N3O3S. The first-order chi connectivity index (χ1) is 13.9. The largest absolute Gasteiger partial charge is 0.321 e. The number of amides is 1. The van der Waals surface area contributed by atoms with Gasteiger partial charge in [0.25, 0.3) is 5.91 Å². The van der Waals surface area contributed by atoms with E-state index in [4.69, 9.17) is 0 Å². The number of carbonyl (C=O) groups is 1. The van der Waals surface area contributed by atoms with Crippen molar-refractivity contribution < 1.29 is 13.2 Å². The average molecular weight is 412 g/mol. The molecule has 1 saturated heterocycles. The van der Waals surface area contributed by atoms with Gasteiger partial charge >= 0.3 is 0 Å². The van der Waals surface area contributed by atoms with Gasteiger partial charge in [0, 0.05) is 49.5 Å². The van der Waals surface area contributed by atoms with Gasteiger partial charge in [-0.1, -0.05) is 35.9 Å². The van der Waals surface area contributed by atoms with Crippen LogP contribution in [-0.4, -0.2) is 49.7 Å². The minimum atomic E-state index is -3.60. The second kappa shape index (κ2) is 7.74. The molecule has 6 nitrogen and oxygen atoms in total. The van der Waals surface area contributed by atoms with E-state index >= 15 is 0 Å². The highest BCUT2D eigenvalue weighted by Crippen LogP contribution is 2.36. The van der Waals surface area contributed by atoms with Gasteiger partial charge in [0.15, 0.2) is 0 Å². The van der Waals surface area contributed by atoms with E-state index in [9.17, 15) is 13.2 Å². The fourth-order valence-corrected chi connectivity index (χ4v) is 5.37. The second-order valence-corrected chi connectivity index (χ2v) is 9.64. The predicted octanol–water partition coefficient (Wildman–Crippen LogP) is 2.94. The highest BCUT2D eigenvalue weighted by Gasteiger charge is 2.31. The monoisotopic (exact) mass is 411 g/mol. The Hall–Kier alpha value is -2.48. The van der Waals surface area contributed by atoms with Crippen molar-refractivity contribution in [3.8, 4) is 0 Å². The Balaban J connectivity index is 1.50. The quantitative estimate of drug-likeness (QED) is 0.786. The van der Waals surface area contributed by atoms with Crippen LogP contribution in [0.2, 0.25) is 0 Å². The van der Waals surface area contributed by atoms with Gasteiger partial charge in [-0.05, 0) is 37.6 Å². The van der Waals surface area contributed by atoms with Crippen LogP contribution in [0.3, 0.4) is 0 Å². The fourth-order valence-electron chi connectivity index (χ4n) is 3.92. The standard InChI is InChI=1S/C22H25N3O3S/c1-16(2)21-19-14-18(8-9-20(19)23-22(21)26)29(27,28)25-12-10-24(11-13-25)15-17-6-4-3-5-7-17/h3-9,14H,10-13,15H2,1-2H3,(H,23,26). The molecule has 0 bridgehead atoms. The lowest BCUT2D eigenvalue weighted by Gasteiger charge is -2.34. The number of nitrogens with zero attached hydrogens (tertiary/aromatic N) is 2. The zero-order valence-corrected chi connectivity index (χ0v) is 17.5. The highest BCUT2D eigenvalue weighted by atomic mass is 32.2. The van der Waals surface area contributed by atoms with Crippen molar-refractivity contribution in [3.05, 3.63) is 65.2 Å². The number of anilines is 1. The third-order valence-corrected chi connectivity index (χ3v) is 7.35. The van der Waals surface area contributed by atoms with Crippen LogP contribution in [0.1, 0.15) is 25.0 Å². The molecule has 1 N–H and O–H groups in total. The Bertz CT molecular complexity index is 1070. The lowest BCUT2D eigenvalue weighted by Crippen LogP contribution is -2.48. The molecule has 2 aromatic carbocycles. The number of fused-ring (bicyclic) bond motifs is 1. The first-order valence-corrected chi connectivity index (χ1v) is 11.2. The summed E-state index contributed by atoms with van der Waals surface area (Å²) in [5, 5.41) is 2.80. The summed E-state index contributed by atoms with van der Waals surface area (Å²) in [6, 6.07) is 15.1. The van der Waals surface area contributed by atoms with Gasteiger partial charge in [-0.15, -0.1) is 0 Å². The summed E-state index contributed by atoms with van der Waals surface area (Å²) < 4.78 is 27.9. The van der Waals surface area contributed by atoms with Gasteiger partial charge in [-0.2, -0.15) is 4.31 Å². The number of sulfonamides is 1. The number of benzene rings is 2. The summed E-state index contributed by atoms with van der Waals surface area (Å²) in [5.41, 5.74) is 3.99. The average Bonchev–Trinajstić information content (AvgIpc) is 3.04. The summed E-state index contributed by atoms with van der Waals surface area (Å²) in [5.74, 6) is -0.177. The maximum Gasteiger partial charge on any atom is 0.256 e. The van der Waals surface area contributed by atoms with Crippen molar-refractivity contribution >= 4 is 27.2 Å². The van der Waals surface area contributed by atoms with Crippen LogP contribution in [0.4, 0.5) is 5.69 Å². The number of piperazine rings is 1. The summed E-state index contributed by atoms with van der Waals surface area (Å²) in [4.78, 5) is 14.7. The highest BCUT2D eigenvalue weighted by molar-refractivity contribution is 7.89. The number of rotatable bonds is 4. The molecule has 7 heteroatoms. The number of nitrogens with one attached hydrogen (secondary N) is 1. The number of hydrogen-bond donors (Lipinski definition) is 1. The first kappa shape index (κ1) is 19.8. The van der Waals surface area contributed by atoms with E-state index in [1.165, 1.54) is 5.56 Å². The van der Waals surface area contributed by atoms with Gasteiger partial charge in [-0.3, -0.25) is 9.69 Å². The number of carbonyl (C=O) groups excluding carboxylic acids is 1. The van der Waals surface area contributed by atoms with E-state index in [2.05, 4.69) is 22.3 Å². The number of allylic oxidation sites excluding steroid dienone is 1. The van der Waals surface area contributed by atoms with Crippen LogP contribution in [0.15, 0.2) is 59.0 Å². The van der Waals surface area contributed by atoms with E-state index in [1.807, 2.05) is 32.0 Å². The zero-order chi connectivity index (χ0) is 20.6. The molecule has 2 aliphatic heterocycles. The van der Waals surface area contributed by atoms with Crippen LogP contribution in [0.25, 0.3) is 5.57 Å². The first-order valence-electron chi connectivity index (χ1n) is 9.76. The van der Waals surface area contributed by atoms with Gasteiger partial charge < -0.3 is 5.32 Å². The minimum Gasteiger partial charge on any atom is -0.321 e. The van der Waals surface area contributed by atoms with Crippen LogP contribution in [-0.2, 0) is 21.4 Å². The van der Waals surface area contributed by atoms with Crippen LogP contribution in [0, 0.1) is 0 Å². The van der Waals surface area contributed by atoms with Gasteiger partial charge in [0.05, 0.1) is 4.90 Å². The lowest BCUT2D eigenvalue weighted by atomic mass is 10.0. The molecule has 152 valence electrons. The van der Waals surface area contributed by atoms with E-state index in [-0.39, 0.29) is 10.8 Å². The van der Waals surface area contributed by atoms with Crippen molar-refractivity contribution in [1.82, 2.24) is 9.21 Å². The Morgan fingerprint density at radius 1 is 1.00 bits per heavy atom. The van der Waals surface area contributed by atoms with Crippen molar-refractivity contribution in [1.29, 1.82) is 0 Å². The normalized spacial score (nSPS) is 17.9. The SMILES string of the molecule is CC(C)=C1C(=O)Nc2ccc(S(=O)(=O)N3CCN(Cc4ccccc4)CC3)cc21. The Labute approximate surface area is 171 Å². The van der Waals surface area contributed by atoms with Crippen LogP contribution >= 0.6 is 0 Å². The van der Waals surface area contributed by atoms with Crippen molar-refractivity contribution in [2.75, 3.05) is 31.5 Å². The van der Waals surface area contributed by atoms with Crippen LogP contribution < -0.4 is 5.32 Å². The van der Waals surface area contributed by atoms with E-state index in [1.54, 1.807) is 22.5 Å². The maximum atomic E-state index is 13.2. The second-order valence-electron chi connectivity index (χ2n) is 7.70. The van der Waals surface area contributed by atoms with Gasteiger partial charge in [0.1, 0.15) is 0 Å². The Kier molecular flexibility index (Phi) is 5.29. The van der Waals surface area contributed by atoms with Crippen molar-refractivity contribution in [3.63, 3.8) is 0 Å². The van der Waals surface area contributed by atoms with Gasteiger partial charge in [-0.25, -0.2) is 8.42 Å².